The van der Waals surface area contributed by atoms with Crippen molar-refractivity contribution in [3.8, 4) is 0 Å². The van der Waals surface area contributed by atoms with Crippen molar-refractivity contribution in [2.45, 2.75) is 6.04 Å². The maximum absolute atomic E-state index is 12.2. The van der Waals surface area contributed by atoms with E-state index in [4.69, 9.17) is 9.84 Å². The lowest BCUT2D eigenvalue weighted by Crippen LogP contribution is -2.52. The molecule has 18 heavy (non-hydrogen) atoms. The zero-order valence-electron chi connectivity index (χ0n) is 9.38. The number of rotatable bonds is 2. The predicted molar refractivity (Wildman–Crippen MR) is 65.2 cm³/mol. The van der Waals surface area contributed by atoms with Gasteiger partial charge >= 0.3 is 5.97 Å². The van der Waals surface area contributed by atoms with Gasteiger partial charge in [0.2, 0.25) is 0 Å². The Kier molecular flexibility index (Phi) is 3.93. The van der Waals surface area contributed by atoms with Crippen LogP contribution in [0.2, 0.25) is 0 Å². The standard InChI is InChI=1S/C11H11BrN2O4/c12-8-3-7(4-13-5-8)10(15)14-1-2-18-6-9(14)11(16)17/h3-5,9H,1-2,6H2,(H,16,17). The fraction of sp³-hybridized carbons (Fsp3) is 0.364. The Bertz CT molecular complexity index is 480. The minimum absolute atomic E-state index is 0.0164. The number of ether oxygens (including phenoxy) is 1. The molecule has 6 nitrogen and oxygen atoms in total. The normalized spacial score (nSPS) is 19.6. The zero-order chi connectivity index (χ0) is 13.1. The molecule has 0 saturated carbocycles. The first-order valence-electron chi connectivity index (χ1n) is 5.31. The highest BCUT2D eigenvalue weighted by Gasteiger charge is 2.33. The van der Waals surface area contributed by atoms with Gasteiger partial charge in [-0.15, -0.1) is 0 Å². The van der Waals surface area contributed by atoms with Crippen molar-refractivity contribution in [2.24, 2.45) is 0 Å². The van der Waals surface area contributed by atoms with Crippen molar-refractivity contribution in [1.82, 2.24) is 9.88 Å². The number of aromatic nitrogens is 1. The third kappa shape index (κ3) is 2.68. The summed E-state index contributed by atoms with van der Waals surface area (Å²) in [4.78, 5) is 28.5. The molecule has 1 fully saturated rings. The Morgan fingerprint density at radius 3 is 2.94 bits per heavy atom. The molecule has 7 heteroatoms. The van der Waals surface area contributed by atoms with E-state index in [-0.39, 0.29) is 19.1 Å². The summed E-state index contributed by atoms with van der Waals surface area (Å²) < 4.78 is 5.76. The maximum Gasteiger partial charge on any atom is 0.328 e. The van der Waals surface area contributed by atoms with Crippen molar-refractivity contribution >= 4 is 27.8 Å². The SMILES string of the molecule is O=C(O)C1COCCN1C(=O)c1cncc(Br)c1. The van der Waals surface area contributed by atoms with E-state index in [9.17, 15) is 9.59 Å². The molecule has 1 aromatic rings. The number of amides is 1. The zero-order valence-corrected chi connectivity index (χ0v) is 11.0. The number of carboxylic acid groups (broad SMARTS) is 1. The highest BCUT2D eigenvalue weighted by molar-refractivity contribution is 9.10. The summed E-state index contributed by atoms with van der Waals surface area (Å²) in [7, 11) is 0. The molecular formula is C11H11BrN2O4. The average Bonchev–Trinajstić information content (AvgIpc) is 2.38. The van der Waals surface area contributed by atoms with Crippen LogP contribution in [-0.4, -0.2) is 52.7 Å². The summed E-state index contributed by atoms with van der Waals surface area (Å²) in [6.45, 7) is 0.627. The van der Waals surface area contributed by atoms with Crippen molar-refractivity contribution in [1.29, 1.82) is 0 Å². The fourth-order valence-corrected chi connectivity index (χ4v) is 2.11. The highest BCUT2D eigenvalue weighted by Crippen LogP contribution is 2.15. The van der Waals surface area contributed by atoms with E-state index in [1.807, 2.05) is 0 Å². The second kappa shape index (κ2) is 5.45. The largest absolute Gasteiger partial charge is 0.480 e. The lowest BCUT2D eigenvalue weighted by molar-refractivity contribution is -0.147. The Hall–Kier alpha value is -1.47. The molecule has 1 unspecified atom stereocenters. The van der Waals surface area contributed by atoms with E-state index >= 15 is 0 Å². The van der Waals surface area contributed by atoms with Crippen molar-refractivity contribution in [2.75, 3.05) is 19.8 Å². The van der Waals surface area contributed by atoms with E-state index in [1.54, 1.807) is 12.3 Å². The van der Waals surface area contributed by atoms with E-state index in [2.05, 4.69) is 20.9 Å². The van der Waals surface area contributed by atoms with Crippen molar-refractivity contribution < 1.29 is 19.4 Å². The van der Waals surface area contributed by atoms with E-state index < -0.39 is 12.0 Å². The van der Waals surface area contributed by atoms with Crippen LogP contribution in [0.4, 0.5) is 0 Å². The average molecular weight is 315 g/mol. The number of pyridine rings is 1. The van der Waals surface area contributed by atoms with Crippen LogP contribution >= 0.6 is 15.9 Å². The van der Waals surface area contributed by atoms with Gasteiger partial charge < -0.3 is 14.7 Å². The van der Waals surface area contributed by atoms with Gasteiger partial charge in [0.05, 0.1) is 18.8 Å². The first-order chi connectivity index (χ1) is 8.59. The Labute approximate surface area is 112 Å². The van der Waals surface area contributed by atoms with Crippen LogP contribution in [0, 0.1) is 0 Å². The van der Waals surface area contributed by atoms with Gasteiger partial charge in [0, 0.05) is 23.4 Å². The number of halogens is 1. The Balaban J connectivity index is 2.23. The Morgan fingerprint density at radius 2 is 2.28 bits per heavy atom. The number of hydrogen-bond donors (Lipinski definition) is 1. The smallest absolute Gasteiger partial charge is 0.328 e. The molecule has 1 aliphatic heterocycles. The quantitative estimate of drug-likeness (QED) is 0.872. The summed E-state index contributed by atoms with van der Waals surface area (Å²) >= 11 is 3.22. The second-order valence-corrected chi connectivity index (χ2v) is 4.74. The van der Waals surface area contributed by atoms with Gasteiger partial charge in [-0.2, -0.15) is 0 Å². The van der Waals surface area contributed by atoms with Crippen LogP contribution in [0.15, 0.2) is 22.9 Å². The molecular weight excluding hydrogens is 304 g/mol. The molecule has 2 heterocycles. The molecule has 0 bridgehead atoms. The monoisotopic (exact) mass is 314 g/mol. The van der Waals surface area contributed by atoms with Crippen LogP contribution in [-0.2, 0) is 9.53 Å². The summed E-state index contributed by atoms with van der Waals surface area (Å²) in [5.41, 5.74) is 0.359. The van der Waals surface area contributed by atoms with Crippen molar-refractivity contribution in [3.63, 3.8) is 0 Å². The van der Waals surface area contributed by atoms with E-state index in [1.165, 1.54) is 11.1 Å². The number of nitrogens with zero attached hydrogens (tertiary/aromatic N) is 2. The molecule has 2 rings (SSSR count). The molecule has 1 amide bonds. The molecule has 1 atom stereocenters. The molecule has 0 radical (unpaired) electrons. The van der Waals surface area contributed by atoms with Crippen LogP contribution in [0.5, 0.6) is 0 Å². The van der Waals surface area contributed by atoms with Gasteiger partial charge in [-0.1, -0.05) is 0 Å². The number of aliphatic carboxylic acids is 1. The summed E-state index contributed by atoms with van der Waals surface area (Å²) in [5.74, 6) is -1.41. The first-order valence-corrected chi connectivity index (χ1v) is 6.11. The summed E-state index contributed by atoms with van der Waals surface area (Å²) in [6, 6.07) is 0.675. The minimum atomic E-state index is -1.06. The first kappa shape index (κ1) is 13.0. The van der Waals surface area contributed by atoms with Gasteiger partial charge in [0.15, 0.2) is 6.04 Å². The number of morpholine rings is 1. The summed E-state index contributed by atoms with van der Waals surface area (Å²) in [5, 5.41) is 9.06. The lowest BCUT2D eigenvalue weighted by atomic mass is 10.1. The van der Waals surface area contributed by atoms with Crippen LogP contribution in [0.1, 0.15) is 10.4 Å². The fourth-order valence-electron chi connectivity index (χ4n) is 1.75. The van der Waals surface area contributed by atoms with E-state index in [0.717, 1.165) is 0 Å². The third-order valence-electron chi connectivity index (χ3n) is 2.63. The van der Waals surface area contributed by atoms with Gasteiger partial charge in [-0.3, -0.25) is 9.78 Å². The topological polar surface area (TPSA) is 79.7 Å². The number of hydrogen-bond acceptors (Lipinski definition) is 4. The molecule has 0 spiro atoms. The van der Waals surface area contributed by atoms with Crippen LogP contribution in [0.25, 0.3) is 0 Å². The minimum Gasteiger partial charge on any atom is -0.480 e. The highest BCUT2D eigenvalue weighted by atomic mass is 79.9. The van der Waals surface area contributed by atoms with Crippen molar-refractivity contribution in [3.05, 3.63) is 28.5 Å². The number of carbonyl (C=O) groups excluding carboxylic acids is 1. The van der Waals surface area contributed by atoms with Gasteiger partial charge in [0.1, 0.15) is 0 Å². The Morgan fingerprint density at radius 1 is 1.50 bits per heavy atom. The molecule has 1 saturated heterocycles. The summed E-state index contributed by atoms with van der Waals surface area (Å²) in [6.07, 6.45) is 2.98. The second-order valence-electron chi connectivity index (χ2n) is 3.82. The van der Waals surface area contributed by atoms with Gasteiger partial charge in [-0.05, 0) is 22.0 Å². The molecule has 1 N–H and O–H groups in total. The van der Waals surface area contributed by atoms with Gasteiger partial charge in [-0.25, -0.2) is 4.79 Å². The lowest BCUT2D eigenvalue weighted by Gasteiger charge is -2.32. The molecule has 0 aromatic carbocycles. The van der Waals surface area contributed by atoms with Crippen LogP contribution < -0.4 is 0 Å². The number of carbonyl (C=O) groups is 2. The molecule has 1 aromatic heterocycles. The molecule has 0 aliphatic carbocycles. The van der Waals surface area contributed by atoms with E-state index in [0.29, 0.717) is 16.6 Å². The van der Waals surface area contributed by atoms with Crippen LogP contribution in [0.3, 0.4) is 0 Å². The molecule has 1 aliphatic rings. The van der Waals surface area contributed by atoms with Gasteiger partial charge in [0.25, 0.3) is 5.91 Å². The predicted octanol–water partition coefficient (Wildman–Crippen LogP) is 0.770. The third-order valence-corrected chi connectivity index (χ3v) is 3.06. The maximum atomic E-state index is 12.2. The number of carboxylic acids is 1. The molecule has 96 valence electrons.